The highest BCUT2D eigenvalue weighted by Crippen LogP contribution is 2.43. The molecule has 9 heteroatoms. The molecule has 5 nitrogen and oxygen atoms in total. The van der Waals surface area contributed by atoms with Crippen LogP contribution < -0.4 is 5.32 Å². The monoisotopic (exact) mass is 418 g/mol. The van der Waals surface area contributed by atoms with Crippen molar-refractivity contribution in [2.24, 2.45) is 0 Å². The number of halogens is 4. The van der Waals surface area contributed by atoms with Gasteiger partial charge in [0.1, 0.15) is 5.82 Å². The molecule has 0 bridgehead atoms. The summed E-state index contributed by atoms with van der Waals surface area (Å²) >= 11 is 0. The summed E-state index contributed by atoms with van der Waals surface area (Å²) in [7, 11) is 0. The summed E-state index contributed by atoms with van der Waals surface area (Å²) in [6.07, 6.45) is -2.26. The van der Waals surface area contributed by atoms with E-state index in [4.69, 9.17) is 0 Å². The fraction of sp³-hybridized carbons (Fsp3) is 0.286. The molecule has 0 spiro atoms. The lowest BCUT2D eigenvalue weighted by atomic mass is 9.64. The Balaban J connectivity index is 1.62. The molecule has 1 amide bonds. The fourth-order valence-corrected chi connectivity index (χ4v) is 3.77. The number of aromatic nitrogens is 3. The van der Waals surface area contributed by atoms with Crippen LogP contribution in [0, 0.1) is 5.82 Å². The van der Waals surface area contributed by atoms with E-state index in [9.17, 15) is 22.4 Å². The van der Waals surface area contributed by atoms with Crippen molar-refractivity contribution in [2.45, 2.75) is 30.9 Å². The molecule has 30 heavy (non-hydrogen) atoms. The van der Waals surface area contributed by atoms with Crippen LogP contribution in [-0.2, 0) is 11.6 Å². The van der Waals surface area contributed by atoms with Crippen molar-refractivity contribution in [3.63, 3.8) is 0 Å². The van der Waals surface area contributed by atoms with E-state index >= 15 is 0 Å². The van der Waals surface area contributed by atoms with Crippen LogP contribution in [0.2, 0.25) is 0 Å². The first-order valence-electron chi connectivity index (χ1n) is 9.43. The van der Waals surface area contributed by atoms with Gasteiger partial charge in [0.25, 0.3) is 5.91 Å². The van der Waals surface area contributed by atoms with Crippen LogP contribution in [0.4, 0.5) is 17.6 Å². The van der Waals surface area contributed by atoms with E-state index in [1.165, 1.54) is 12.1 Å². The minimum atomic E-state index is -4.91. The topological polar surface area (TPSA) is 59.8 Å². The molecule has 1 aliphatic rings. The van der Waals surface area contributed by atoms with E-state index in [0.717, 1.165) is 37.0 Å². The second-order valence-corrected chi connectivity index (χ2v) is 7.36. The summed E-state index contributed by atoms with van der Waals surface area (Å²) < 4.78 is 55.1. The van der Waals surface area contributed by atoms with Crippen LogP contribution in [0.15, 0.2) is 54.6 Å². The maximum Gasteiger partial charge on any atom is 0.435 e. The van der Waals surface area contributed by atoms with E-state index in [2.05, 4.69) is 15.6 Å². The molecule has 1 saturated carbocycles. The summed E-state index contributed by atoms with van der Waals surface area (Å²) in [4.78, 5) is 12.6. The number of nitrogens with zero attached hydrogens (tertiary/aromatic N) is 3. The molecular formula is C21H18F4N4O. The fourth-order valence-electron chi connectivity index (χ4n) is 3.77. The Kier molecular flexibility index (Phi) is 5.05. The van der Waals surface area contributed by atoms with Crippen molar-refractivity contribution in [3.8, 4) is 5.69 Å². The van der Waals surface area contributed by atoms with Gasteiger partial charge in [0.05, 0.1) is 5.69 Å². The molecule has 0 aliphatic heterocycles. The average Bonchev–Trinajstić information content (AvgIpc) is 3.14. The van der Waals surface area contributed by atoms with Crippen LogP contribution >= 0.6 is 0 Å². The number of carbonyl (C=O) groups excluding carboxylic acids is 1. The zero-order chi connectivity index (χ0) is 21.4. The lowest BCUT2D eigenvalue weighted by Gasteiger charge is -2.42. The third-order valence-corrected chi connectivity index (χ3v) is 5.49. The van der Waals surface area contributed by atoms with Crippen molar-refractivity contribution >= 4 is 5.91 Å². The number of nitrogens with one attached hydrogen (secondary N) is 1. The standard InChI is InChI=1S/C21H18F4N4O/c22-15-8-4-9-16(12-15)29-18(21(23,24)25)17(27-28-29)19(30)26-13-20(10-5-11-20)14-6-2-1-3-7-14/h1-4,6-9,12H,5,10-11,13H2,(H,26,30). The molecule has 3 aromatic rings. The molecule has 2 aromatic carbocycles. The summed E-state index contributed by atoms with van der Waals surface area (Å²) in [6.45, 7) is 0.194. The van der Waals surface area contributed by atoms with Gasteiger partial charge >= 0.3 is 6.18 Å². The molecule has 1 fully saturated rings. The number of hydrogen-bond donors (Lipinski definition) is 1. The Hall–Kier alpha value is -3.23. The third-order valence-electron chi connectivity index (χ3n) is 5.49. The molecule has 4 rings (SSSR count). The normalized spacial score (nSPS) is 15.5. The van der Waals surface area contributed by atoms with E-state index < -0.39 is 29.3 Å². The number of rotatable bonds is 5. The summed E-state index contributed by atoms with van der Waals surface area (Å²) in [5.41, 5.74) is -1.61. The lowest BCUT2D eigenvalue weighted by molar-refractivity contribution is -0.143. The largest absolute Gasteiger partial charge is 0.435 e. The molecule has 156 valence electrons. The van der Waals surface area contributed by atoms with Crippen LogP contribution in [-0.4, -0.2) is 27.4 Å². The Morgan fingerprint density at radius 3 is 2.43 bits per heavy atom. The van der Waals surface area contributed by atoms with Gasteiger partial charge in [-0.3, -0.25) is 4.79 Å². The smallest absolute Gasteiger partial charge is 0.350 e. The molecule has 1 aromatic heterocycles. The molecule has 0 atom stereocenters. The molecular weight excluding hydrogens is 400 g/mol. The number of carbonyl (C=O) groups is 1. The molecule has 1 aliphatic carbocycles. The zero-order valence-corrected chi connectivity index (χ0v) is 15.8. The third kappa shape index (κ3) is 3.67. The van der Waals surface area contributed by atoms with Crippen molar-refractivity contribution in [3.05, 3.63) is 77.4 Å². The Labute approximate surface area is 169 Å². The van der Waals surface area contributed by atoms with Crippen molar-refractivity contribution in [2.75, 3.05) is 6.54 Å². The van der Waals surface area contributed by atoms with Crippen LogP contribution in [0.25, 0.3) is 5.69 Å². The van der Waals surface area contributed by atoms with Crippen LogP contribution in [0.1, 0.15) is 41.0 Å². The molecule has 0 unspecified atom stereocenters. The highest BCUT2D eigenvalue weighted by atomic mass is 19.4. The van der Waals surface area contributed by atoms with Gasteiger partial charge in [-0.25, -0.2) is 9.07 Å². The number of alkyl halides is 3. The predicted molar refractivity (Wildman–Crippen MR) is 101 cm³/mol. The van der Waals surface area contributed by atoms with Gasteiger partial charge in [-0.2, -0.15) is 13.2 Å². The Bertz CT molecular complexity index is 1060. The van der Waals surface area contributed by atoms with Crippen LogP contribution in [0.3, 0.4) is 0 Å². The van der Waals surface area contributed by atoms with Crippen molar-refractivity contribution < 1.29 is 22.4 Å². The molecule has 1 heterocycles. The van der Waals surface area contributed by atoms with Gasteiger partial charge in [0.15, 0.2) is 11.4 Å². The van der Waals surface area contributed by atoms with Gasteiger partial charge < -0.3 is 5.32 Å². The second kappa shape index (κ2) is 7.55. The van der Waals surface area contributed by atoms with Gasteiger partial charge in [-0.15, -0.1) is 5.10 Å². The SMILES string of the molecule is O=C(NCC1(c2ccccc2)CCC1)c1nnn(-c2cccc(F)c2)c1C(F)(F)F. The first-order chi connectivity index (χ1) is 14.3. The van der Waals surface area contributed by atoms with E-state index in [1.54, 1.807) is 0 Å². The quantitative estimate of drug-likeness (QED) is 0.630. The zero-order valence-electron chi connectivity index (χ0n) is 15.8. The maximum atomic E-state index is 13.7. The maximum absolute atomic E-state index is 13.7. The summed E-state index contributed by atoms with van der Waals surface area (Å²) in [5, 5.41) is 9.54. The van der Waals surface area contributed by atoms with Gasteiger partial charge in [-0.1, -0.05) is 48.0 Å². The summed E-state index contributed by atoms with van der Waals surface area (Å²) in [5.74, 6) is -1.69. The minimum Gasteiger partial charge on any atom is -0.350 e. The van der Waals surface area contributed by atoms with E-state index in [1.807, 2.05) is 30.3 Å². The van der Waals surface area contributed by atoms with Crippen LogP contribution in [0.5, 0.6) is 0 Å². The molecule has 0 radical (unpaired) electrons. The Morgan fingerprint density at radius 2 is 1.83 bits per heavy atom. The molecule has 0 saturated heterocycles. The summed E-state index contributed by atoms with van der Waals surface area (Å²) in [6, 6.07) is 14.1. The number of amides is 1. The Morgan fingerprint density at radius 1 is 1.10 bits per heavy atom. The highest BCUT2D eigenvalue weighted by Gasteiger charge is 2.43. The first kappa shape index (κ1) is 20.1. The van der Waals surface area contributed by atoms with Crippen molar-refractivity contribution in [1.82, 2.24) is 20.3 Å². The second-order valence-electron chi connectivity index (χ2n) is 7.36. The number of hydrogen-bond acceptors (Lipinski definition) is 3. The van der Waals surface area contributed by atoms with Gasteiger partial charge in [0, 0.05) is 12.0 Å². The predicted octanol–water partition coefficient (Wildman–Crippen LogP) is 4.28. The lowest BCUT2D eigenvalue weighted by Crippen LogP contribution is -2.45. The first-order valence-corrected chi connectivity index (χ1v) is 9.43. The van der Waals surface area contributed by atoms with Gasteiger partial charge in [0.2, 0.25) is 0 Å². The number of benzene rings is 2. The van der Waals surface area contributed by atoms with E-state index in [0.29, 0.717) is 4.68 Å². The van der Waals surface area contributed by atoms with Crippen molar-refractivity contribution in [1.29, 1.82) is 0 Å². The minimum absolute atomic E-state index is 0.173. The average molecular weight is 418 g/mol. The highest BCUT2D eigenvalue weighted by molar-refractivity contribution is 5.93. The van der Waals surface area contributed by atoms with E-state index in [-0.39, 0.29) is 17.6 Å². The van der Waals surface area contributed by atoms with Gasteiger partial charge in [-0.05, 0) is 36.6 Å². The molecule has 1 N–H and O–H groups in total.